The van der Waals surface area contributed by atoms with Gasteiger partial charge in [-0.1, -0.05) is 5.92 Å². The monoisotopic (exact) mass is 385 g/mol. The summed E-state index contributed by atoms with van der Waals surface area (Å²) in [4.78, 5) is 26.4. The number of aromatic nitrogens is 6. The quantitative estimate of drug-likeness (QED) is 0.326. The van der Waals surface area contributed by atoms with E-state index in [1.807, 2.05) is 18.2 Å². The highest BCUT2D eigenvalue weighted by atomic mass is 14.9. The van der Waals surface area contributed by atoms with Gasteiger partial charge < -0.3 is 0 Å². The second-order valence-electron chi connectivity index (χ2n) is 5.95. The summed E-state index contributed by atoms with van der Waals surface area (Å²) in [5, 5.41) is 28.1. The minimum absolute atomic E-state index is 0.103. The van der Waals surface area contributed by atoms with Crippen LogP contribution in [0.25, 0.3) is 33.1 Å². The molecule has 0 bridgehead atoms. The van der Waals surface area contributed by atoms with Crippen molar-refractivity contribution in [2.75, 3.05) is 0 Å². The number of nitriles is 3. The van der Waals surface area contributed by atoms with Crippen LogP contribution in [0.5, 0.6) is 0 Å². The van der Waals surface area contributed by atoms with Crippen molar-refractivity contribution in [1.29, 1.82) is 15.8 Å². The van der Waals surface area contributed by atoms with Gasteiger partial charge in [0.05, 0.1) is 5.69 Å². The van der Waals surface area contributed by atoms with Crippen LogP contribution in [-0.2, 0) is 0 Å². The average Bonchev–Trinajstić information content (AvgIpc) is 2.77. The van der Waals surface area contributed by atoms with Crippen LogP contribution in [0.2, 0.25) is 0 Å². The highest BCUT2D eigenvalue weighted by Gasteiger charge is 2.21. The summed E-state index contributed by atoms with van der Waals surface area (Å²) in [6.45, 7) is 3.26. The van der Waals surface area contributed by atoms with Gasteiger partial charge in [0, 0.05) is 0 Å². The Morgan fingerprint density at radius 1 is 0.600 bits per heavy atom. The molecule has 0 spiro atoms. The molecule has 4 rings (SSSR count). The number of fused-ring (bicyclic) bond motifs is 6. The van der Waals surface area contributed by atoms with Gasteiger partial charge in [-0.3, -0.25) is 0 Å². The second-order valence-corrected chi connectivity index (χ2v) is 5.95. The van der Waals surface area contributed by atoms with Crippen LogP contribution in [-0.4, -0.2) is 29.9 Å². The first-order chi connectivity index (χ1) is 14.6. The molecule has 0 saturated carbocycles. The van der Waals surface area contributed by atoms with Crippen molar-refractivity contribution in [3.63, 3.8) is 0 Å². The van der Waals surface area contributed by atoms with Crippen LogP contribution < -0.4 is 0 Å². The molecule has 30 heavy (non-hydrogen) atoms. The molecule has 1 aromatic carbocycles. The third kappa shape index (κ3) is 2.51. The SMILES string of the molecule is C#Cc1nc2c3nc(C#N)c(C)nc3c3nc(C#N)c(C#N)nc3c2nc1C#CC. The van der Waals surface area contributed by atoms with Crippen LogP contribution in [0.3, 0.4) is 0 Å². The van der Waals surface area contributed by atoms with Gasteiger partial charge in [-0.2, -0.15) is 15.8 Å². The predicted molar refractivity (Wildman–Crippen MR) is 105 cm³/mol. The Bertz CT molecular complexity index is 1640. The second kappa shape index (κ2) is 6.77. The van der Waals surface area contributed by atoms with E-state index >= 15 is 0 Å². The smallest absolute Gasteiger partial charge is 0.177 e. The van der Waals surface area contributed by atoms with E-state index in [1.54, 1.807) is 13.8 Å². The lowest BCUT2D eigenvalue weighted by molar-refractivity contribution is 1.13. The lowest BCUT2D eigenvalue weighted by Crippen LogP contribution is -2.05. The summed E-state index contributed by atoms with van der Waals surface area (Å²) in [5.74, 6) is 7.96. The fourth-order valence-electron chi connectivity index (χ4n) is 2.95. The van der Waals surface area contributed by atoms with Crippen LogP contribution in [0.1, 0.15) is 41.1 Å². The lowest BCUT2D eigenvalue weighted by Gasteiger charge is -2.10. The van der Waals surface area contributed by atoms with E-state index in [0.29, 0.717) is 5.69 Å². The largest absolute Gasteiger partial charge is 0.246 e. The van der Waals surface area contributed by atoms with Gasteiger partial charge in [0.25, 0.3) is 0 Å². The molecular formula is C21H7N9. The third-order valence-corrected chi connectivity index (χ3v) is 4.23. The Morgan fingerprint density at radius 2 is 1.00 bits per heavy atom. The number of nitrogens with zero attached hydrogens (tertiary/aromatic N) is 9. The molecule has 9 nitrogen and oxygen atoms in total. The number of terminal acetylenes is 1. The molecule has 3 aromatic heterocycles. The average molecular weight is 385 g/mol. The van der Waals surface area contributed by atoms with Crippen molar-refractivity contribution in [2.24, 2.45) is 0 Å². The fourth-order valence-corrected chi connectivity index (χ4v) is 2.95. The molecule has 136 valence electrons. The zero-order valence-corrected chi connectivity index (χ0v) is 15.6. The van der Waals surface area contributed by atoms with Crippen molar-refractivity contribution < 1.29 is 0 Å². The summed E-state index contributed by atoms with van der Waals surface area (Å²) in [6, 6.07) is 5.70. The van der Waals surface area contributed by atoms with Crippen LogP contribution in [0.15, 0.2) is 0 Å². The van der Waals surface area contributed by atoms with E-state index in [-0.39, 0.29) is 61.6 Å². The van der Waals surface area contributed by atoms with E-state index in [0.717, 1.165) is 0 Å². The van der Waals surface area contributed by atoms with Crippen molar-refractivity contribution in [3.05, 3.63) is 34.2 Å². The molecule has 0 aliphatic carbocycles. The van der Waals surface area contributed by atoms with Gasteiger partial charge in [-0.25, -0.2) is 29.9 Å². The van der Waals surface area contributed by atoms with Crippen molar-refractivity contribution in [3.8, 4) is 42.4 Å². The zero-order valence-electron chi connectivity index (χ0n) is 15.6. The Labute approximate surface area is 169 Å². The van der Waals surface area contributed by atoms with E-state index in [9.17, 15) is 15.8 Å². The Hall–Kier alpha value is -5.17. The fraction of sp³-hybridized carbons (Fsp3) is 0.0952. The van der Waals surface area contributed by atoms with Gasteiger partial charge in [0.15, 0.2) is 17.1 Å². The lowest BCUT2D eigenvalue weighted by atomic mass is 10.1. The third-order valence-electron chi connectivity index (χ3n) is 4.23. The Kier molecular flexibility index (Phi) is 4.11. The highest BCUT2D eigenvalue weighted by Crippen LogP contribution is 2.30. The number of rotatable bonds is 0. The van der Waals surface area contributed by atoms with Gasteiger partial charge in [-0.05, 0) is 25.7 Å². The normalized spacial score (nSPS) is 9.93. The molecule has 0 saturated heterocycles. The van der Waals surface area contributed by atoms with Gasteiger partial charge >= 0.3 is 0 Å². The first kappa shape index (κ1) is 18.2. The molecule has 0 atom stereocenters. The topological polar surface area (TPSA) is 149 Å². The Balaban J connectivity index is 2.39. The number of aryl methyl sites for hydroxylation is 1. The molecule has 0 aliphatic rings. The predicted octanol–water partition coefficient (Wildman–Crippen LogP) is 1.79. The van der Waals surface area contributed by atoms with E-state index in [1.165, 1.54) is 0 Å². The van der Waals surface area contributed by atoms with Gasteiger partial charge in [-0.15, -0.1) is 6.42 Å². The summed E-state index contributed by atoms with van der Waals surface area (Å²) in [5.41, 5.74) is 2.03. The molecule has 0 fully saturated rings. The maximum Gasteiger partial charge on any atom is 0.177 e. The van der Waals surface area contributed by atoms with E-state index in [2.05, 4.69) is 47.7 Å². The number of hydrogen-bond acceptors (Lipinski definition) is 9. The summed E-state index contributed by atoms with van der Waals surface area (Å²) < 4.78 is 0. The standard InChI is InChI=1S/C21H7N9/c1-4-6-12-11(5-2)26-19-17-16(25-10(3)13(7-22)28-17)18-21(20(19)27-12)30-15(9-24)14(8-23)29-18/h2H,1,3H3. The van der Waals surface area contributed by atoms with Crippen LogP contribution >= 0.6 is 0 Å². The molecule has 0 unspecified atom stereocenters. The summed E-state index contributed by atoms with van der Waals surface area (Å²) >= 11 is 0. The minimum Gasteiger partial charge on any atom is -0.246 e. The first-order valence-electron chi connectivity index (χ1n) is 8.39. The maximum absolute atomic E-state index is 9.38. The van der Waals surface area contributed by atoms with Crippen molar-refractivity contribution >= 4 is 33.1 Å². The number of benzene rings is 1. The molecule has 0 N–H and O–H groups in total. The molecule has 4 aromatic rings. The van der Waals surface area contributed by atoms with Gasteiger partial charge in [0.2, 0.25) is 0 Å². The molecule has 0 amide bonds. The van der Waals surface area contributed by atoms with Gasteiger partial charge in [0.1, 0.15) is 62.7 Å². The highest BCUT2D eigenvalue weighted by molar-refractivity contribution is 6.18. The van der Waals surface area contributed by atoms with Crippen molar-refractivity contribution in [2.45, 2.75) is 13.8 Å². The summed E-state index contributed by atoms with van der Waals surface area (Å²) in [6.07, 6.45) is 5.58. The molecule has 0 aliphatic heterocycles. The molecule has 0 radical (unpaired) electrons. The minimum atomic E-state index is -0.157. The van der Waals surface area contributed by atoms with E-state index in [4.69, 9.17) is 6.42 Å². The molecule has 3 heterocycles. The summed E-state index contributed by atoms with van der Waals surface area (Å²) in [7, 11) is 0. The number of hydrogen-bond donors (Lipinski definition) is 0. The van der Waals surface area contributed by atoms with Crippen LogP contribution in [0, 0.1) is 65.1 Å². The van der Waals surface area contributed by atoms with Crippen LogP contribution in [0.4, 0.5) is 0 Å². The van der Waals surface area contributed by atoms with Crippen molar-refractivity contribution in [1.82, 2.24) is 29.9 Å². The van der Waals surface area contributed by atoms with E-state index < -0.39 is 0 Å². The molecule has 9 heteroatoms. The zero-order chi connectivity index (χ0) is 21.4. The first-order valence-corrected chi connectivity index (χ1v) is 8.39. The maximum atomic E-state index is 9.38. The Morgan fingerprint density at radius 3 is 1.43 bits per heavy atom. The molecular weight excluding hydrogens is 378 g/mol.